The number of amides is 2. The van der Waals surface area contributed by atoms with Crippen LogP contribution in [-0.4, -0.2) is 44.9 Å². The van der Waals surface area contributed by atoms with Crippen molar-refractivity contribution in [3.05, 3.63) is 66.5 Å². The first-order valence-electron chi connectivity index (χ1n) is 11.8. The molecule has 2 amide bonds. The number of hydrogen-bond donors (Lipinski definition) is 1. The Hall–Kier alpha value is -3.15. The van der Waals surface area contributed by atoms with E-state index in [0.29, 0.717) is 18.0 Å². The molecule has 32 heavy (non-hydrogen) atoms. The number of likely N-dealkylation sites (tertiary alicyclic amines) is 1. The number of aryl methyl sites for hydroxylation is 1. The van der Waals surface area contributed by atoms with E-state index in [1.807, 2.05) is 59.8 Å². The molecule has 0 radical (unpaired) electrons. The maximum atomic E-state index is 13.4. The Kier molecular flexibility index (Phi) is 5.93. The van der Waals surface area contributed by atoms with Crippen molar-refractivity contribution in [2.24, 2.45) is 5.92 Å². The number of para-hydroxylation sites is 2. The highest BCUT2D eigenvalue weighted by Gasteiger charge is 2.47. The lowest BCUT2D eigenvalue weighted by Crippen LogP contribution is -2.49. The molecule has 1 saturated heterocycles. The third kappa shape index (κ3) is 4.01. The van der Waals surface area contributed by atoms with Crippen LogP contribution in [0.25, 0.3) is 11.0 Å². The van der Waals surface area contributed by atoms with E-state index in [-0.39, 0.29) is 23.9 Å². The number of aromatic nitrogens is 2. The normalized spacial score (nSPS) is 22.6. The lowest BCUT2D eigenvalue weighted by Gasteiger charge is -2.33. The Morgan fingerprint density at radius 2 is 1.78 bits per heavy atom. The molecule has 0 bridgehead atoms. The minimum atomic E-state index is -0.370. The highest BCUT2D eigenvalue weighted by molar-refractivity contribution is 5.98. The van der Waals surface area contributed by atoms with E-state index in [2.05, 4.69) is 20.9 Å². The van der Waals surface area contributed by atoms with E-state index in [9.17, 15) is 9.59 Å². The summed E-state index contributed by atoms with van der Waals surface area (Å²) in [5.74, 6) is 0.411. The van der Waals surface area contributed by atoms with E-state index in [4.69, 9.17) is 0 Å². The van der Waals surface area contributed by atoms with Crippen molar-refractivity contribution in [1.29, 1.82) is 0 Å². The number of imidazole rings is 1. The summed E-state index contributed by atoms with van der Waals surface area (Å²) in [6, 6.07) is 17.3. The van der Waals surface area contributed by atoms with Crippen LogP contribution in [0.5, 0.6) is 0 Å². The maximum Gasteiger partial charge on any atom is 0.254 e. The van der Waals surface area contributed by atoms with Crippen LogP contribution in [-0.2, 0) is 11.3 Å². The second-order valence-electron chi connectivity index (χ2n) is 9.01. The molecule has 2 heterocycles. The number of rotatable bonds is 6. The van der Waals surface area contributed by atoms with Crippen LogP contribution in [0.1, 0.15) is 48.9 Å². The summed E-state index contributed by atoms with van der Waals surface area (Å²) < 4.78 is 2.12. The van der Waals surface area contributed by atoms with Gasteiger partial charge in [-0.3, -0.25) is 9.59 Å². The number of nitrogens with zero attached hydrogens (tertiary/aromatic N) is 3. The van der Waals surface area contributed by atoms with Crippen molar-refractivity contribution >= 4 is 22.8 Å². The molecule has 2 aromatic carbocycles. The zero-order chi connectivity index (χ0) is 21.9. The molecule has 0 spiro atoms. The third-order valence-electron chi connectivity index (χ3n) is 7.05. The lowest BCUT2D eigenvalue weighted by atomic mass is 9.84. The Labute approximate surface area is 188 Å². The second kappa shape index (κ2) is 9.15. The molecule has 1 aliphatic carbocycles. The molecular formula is C26H30N4O2. The fraction of sp³-hybridized carbons (Fsp3) is 0.423. The van der Waals surface area contributed by atoms with Gasteiger partial charge in [-0.2, -0.15) is 0 Å². The molecule has 166 valence electrons. The van der Waals surface area contributed by atoms with Crippen molar-refractivity contribution in [1.82, 2.24) is 19.8 Å². The van der Waals surface area contributed by atoms with Crippen LogP contribution < -0.4 is 5.32 Å². The van der Waals surface area contributed by atoms with Gasteiger partial charge in [0.2, 0.25) is 5.91 Å². The molecule has 3 unspecified atom stereocenters. The maximum absolute atomic E-state index is 13.4. The van der Waals surface area contributed by atoms with Crippen LogP contribution in [0.4, 0.5) is 0 Å². The van der Waals surface area contributed by atoms with Crippen LogP contribution in [0.15, 0.2) is 60.9 Å². The summed E-state index contributed by atoms with van der Waals surface area (Å²) in [5, 5.41) is 3.11. The Balaban J connectivity index is 1.23. The molecule has 1 aromatic heterocycles. The third-order valence-corrected chi connectivity index (χ3v) is 7.05. The zero-order valence-corrected chi connectivity index (χ0v) is 18.3. The predicted octanol–water partition coefficient (Wildman–Crippen LogP) is 4.02. The van der Waals surface area contributed by atoms with Crippen molar-refractivity contribution in [3.8, 4) is 0 Å². The van der Waals surface area contributed by atoms with Crippen molar-refractivity contribution in [3.63, 3.8) is 0 Å². The number of nitrogens with one attached hydrogen (secondary N) is 1. The first kappa shape index (κ1) is 20.7. The largest absolute Gasteiger partial charge is 0.354 e. The van der Waals surface area contributed by atoms with Gasteiger partial charge in [0.15, 0.2) is 0 Å². The summed E-state index contributed by atoms with van der Waals surface area (Å²) >= 11 is 0. The molecule has 1 saturated carbocycles. The summed E-state index contributed by atoms with van der Waals surface area (Å²) in [7, 11) is 0. The molecule has 5 rings (SSSR count). The highest BCUT2D eigenvalue weighted by Crippen LogP contribution is 2.40. The van der Waals surface area contributed by atoms with Crippen molar-refractivity contribution in [2.75, 3.05) is 6.54 Å². The molecule has 6 heteroatoms. The number of carbonyl (C=O) groups excluding carboxylic acids is 2. The van der Waals surface area contributed by atoms with Gasteiger partial charge in [0.05, 0.1) is 17.4 Å². The second-order valence-corrected chi connectivity index (χ2v) is 9.01. The zero-order valence-electron chi connectivity index (χ0n) is 18.3. The monoisotopic (exact) mass is 430 g/mol. The van der Waals surface area contributed by atoms with E-state index in [0.717, 1.165) is 49.7 Å². The molecule has 6 nitrogen and oxygen atoms in total. The fourth-order valence-corrected chi connectivity index (χ4v) is 5.48. The topological polar surface area (TPSA) is 67.2 Å². The summed E-state index contributed by atoms with van der Waals surface area (Å²) in [5.41, 5.74) is 2.77. The van der Waals surface area contributed by atoms with Gasteiger partial charge in [0, 0.05) is 24.7 Å². The molecule has 2 fully saturated rings. The van der Waals surface area contributed by atoms with Crippen LogP contribution in [0.2, 0.25) is 0 Å². The van der Waals surface area contributed by atoms with Crippen LogP contribution >= 0.6 is 0 Å². The van der Waals surface area contributed by atoms with Crippen LogP contribution in [0, 0.1) is 5.92 Å². The van der Waals surface area contributed by atoms with Crippen molar-refractivity contribution in [2.45, 2.75) is 57.2 Å². The molecule has 1 aliphatic heterocycles. The number of benzene rings is 2. The summed E-state index contributed by atoms with van der Waals surface area (Å²) in [6.45, 7) is 1.38. The highest BCUT2D eigenvalue weighted by atomic mass is 16.2. The predicted molar refractivity (Wildman–Crippen MR) is 124 cm³/mol. The van der Waals surface area contributed by atoms with Gasteiger partial charge in [0.1, 0.15) is 6.04 Å². The first-order valence-corrected chi connectivity index (χ1v) is 11.8. The average molecular weight is 431 g/mol. The Morgan fingerprint density at radius 1 is 1.00 bits per heavy atom. The number of hydrogen-bond acceptors (Lipinski definition) is 3. The van der Waals surface area contributed by atoms with E-state index in [1.54, 1.807) is 0 Å². The summed E-state index contributed by atoms with van der Waals surface area (Å²) in [6.07, 6.45) is 7.89. The molecule has 1 N–H and O–H groups in total. The van der Waals surface area contributed by atoms with Gasteiger partial charge in [-0.05, 0) is 55.9 Å². The Bertz CT molecular complexity index is 1090. The van der Waals surface area contributed by atoms with Crippen molar-refractivity contribution < 1.29 is 9.59 Å². The smallest absolute Gasteiger partial charge is 0.254 e. The fourth-order valence-electron chi connectivity index (χ4n) is 5.48. The van der Waals surface area contributed by atoms with Gasteiger partial charge < -0.3 is 14.8 Å². The molecule has 3 aromatic rings. The molecule has 2 aliphatic rings. The molecule has 3 atom stereocenters. The van der Waals surface area contributed by atoms with E-state index >= 15 is 0 Å². The first-order chi connectivity index (χ1) is 15.7. The standard InChI is InChI=1S/C26H30N4O2/c31-25(27-15-8-16-29-18-28-21-12-5-7-14-23(21)29)24-17-20-11-4-6-13-22(20)30(24)26(32)19-9-2-1-3-10-19/h1-3,5,7,9-10,12,14,18,20,22,24H,4,6,8,11,13,15-17H2,(H,27,31). The quantitative estimate of drug-likeness (QED) is 0.601. The minimum absolute atomic E-state index is 0.00923. The molecular weight excluding hydrogens is 400 g/mol. The van der Waals surface area contributed by atoms with Gasteiger partial charge >= 0.3 is 0 Å². The average Bonchev–Trinajstić information content (AvgIpc) is 3.43. The summed E-state index contributed by atoms with van der Waals surface area (Å²) in [4.78, 5) is 32.9. The minimum Gasteiger partial charge on any atom is -0.354 e. The van der Waals surface area contributed by atoms with Gasteiger partial charge in [-0.15, -0.1) is 0 Å². The van der Waals surface area contributed by atoms with Gasteiger partial charge in [-0.25, -0.2) is 4.98 Å². The van der Waals surface area contributed by atoms with Gasteiger partial charge in [-0.1, -0.05) is 43.2 Å². The number of carbonyl (C=O) groups is 2. The SMILES string of the molecule is O=C(NCCCn1cnc2ccccc21)C1CC2CCCCC2N1C(=O)c1ccccc1. The Morgan fingerprint density at radius 3 is 2.66 bits per heavy atom. The van der Waals surface area contributed by atoms with Crippen LogP contribution in [0.3, 0.4) is 0 Å². The lowest BCUT2D eigenvalue weighted by molar-refractivity contribution is -0.125. The van der Waals surface area contributed by atoms with E-state index in [1.165, 1.54) is 6.42 Å². The number of fused-ring (bicyclic) bond motifs is 2. The van der Waals surface area contributed by atoms with E-state index < -0.39 is 0 Å². The van der Waals surface area contributed by atoms with Gasteiger partial charge in [0.25, 0.3) is 5.91 Å².